The van der Waals surface area contributed by atoms with E-state index in [1.165, 1.54) is 7.11 Å². The number of hydrogen-bond acceptors (Lipinski definition) is 4. The van der Waals surface area contributed by atoms with Gasteiger partial charge < -0.3 is 10.1 Å². The molecule has 0 aliphatic rings. The van der Waals surface area contributed by atoms with Crippen molar-refractivity contribution >= 4 is 29.3 Å². The molecule has 1 N–H and O–H groups in total. The summed E-state index contributed by atoms with van der Waals surface area (Å²) >= 11 is 1.58. The number of amides is 1. The summed E-state index contributed by atoms with van der Waals surface area (Å²) < 4.78 is 4.76. The average molecular weight is 295 g/mol. The fourth-order valence-corrected chi connectivity index (χ4v) is 2.21. The zero-order valence-corrected chi connectivity index (χ0v) is 13.4. The van der Waals surface area contributed by atoms with Crippen LogP contribution in [0.5, 0.6) is 0 Å². The Hall–Kier alpha value is -1.49. The SMILES string of the molecule is COC(=O)c1cccc(NC(=O)CSC(C)(C)C)c1C. The highest BCUT2D eigenvalue weighted by atomic mass is 32.2. The van der Waals surface area contributed by atoms with Gasteiger partial charge in [0, 0.05) is 10.4 Å². The van der Waals surface area contributed by atoms with Gasteiger partial charge in [0.25, 0.3) is 0 Å². The number of carbonyl (C=O) groups is 2. The number of nitrogens with one attached hydrogen (secondary N) is 1. The van der Waals surface area contributed by atoms with Crippen molar-refractivity contribution in [3.05, 3.63) is 29.3 Å². The molecule has 0 radical (unpaired) electrons. The predicted molar refractivity (Wildman–Crippen MR) is 83.4 cm³/mol. The molecular formula is C15H21NO3S. The molecule has 1 aromatic rings. The van der Waals surface area contributed by atoms with Crippen LogP contribution in [0, 0.1) is 6.92 Å². The van der Waals surface area contributed by atoms with E-state index in [2.05, 4.69) is 26.1 Å². The van der Waals surface area contributed by atoms with Gasteiger partial charge >= 0.3 is 5.97 Å². The summed E-state index contributed by atoms with van der Waals surface area (Å²) in [6.07, 6.45) is 0. The van der Waals surface area contributed by atoms with Gasteiger partial charge in [0.1, 0.15) is 0 Å². The highest BCUT2D eigenvalue weighted by Crippen LogP contribution is 2.24. The maximum atomic E-state index is 11.9. The van der Waals surface area contributed by atoms with Gasteiger partial charge in [-0.3, -0.25) is 4.79 Å². The first kappa shape index (κ1) is 16.6. The lowest BCUT2D eigenvalue weighted by Gasteiger charge is -2.17. The maximum Gasteiger partial charge on any atom is 0.338 e. The van der Waals surface area contributed by atoms with Crippen LogP contribution in [-0.4, -0.2) is 29.5 Å². The van der Waals surface area contributed by atoms with E-state index in [9.17, 15) is 9.59 Å². The van der Waals surface area contributed by atoms with Crippen LogP contribution in [0.4, 0.5) is 5.69 Å². The van der Waals surface area contributed by atoms with Gasteiger partial charge in [0.15, 0.2) is 0 Å². The van der Waals surface area contributed by atoms with Crippen LogP contribution in [0.3, 0.4) is 0 Å². The Balaban J connectivity index is 2.78. The Bertz CT molecular complexity index is 506. The van der Waals surface area contributed by atoms with Gasteiger partial charge in [-0.15, -0.1) is 11.8 Å². The quantitative estimate of drug-likeness (QED) is 0.866. The van der Waals surface area contributed by atoms with E-state index in [1.807, 2.05) is 0 Å². The molecule has 0 aliphatic heterocycles. The minimum Gasteiger partial charge on any atom is -0.465 e. The molecule has 20 heavy (non-hydrogen) atoms. The smallest absolute Gasteiger partial charge is 0.338 e. The second kappa shape index (κ2) is 6.79. The third-order valence-corrected chi connectivity index (χ3v) is 3.92. The molecule has 0 aromatic heterocycles. The second-order valence-corrected chi connectivity index (χ2v) is 7.22. The number of benzene rings is 1. The third-order valence-electron chi connectivity index (χ3n) is 2.65. The Morgan fingerprint density at radius 3 is 2.50 bits per heavy atom. The second-order valence-electron chi connectivity index (χ2n) is 5.42. The number of carbonyl (C=O) groups excluding carboxylic acids is 2. The molecule has 1 rings (SSSR count). The first-order chi connectivity index (χ1) is 9.24. The van der Waals surface area contributed by atoms with Gasteiger partial charge in [-0.1, -0.05) is 26.8 Å². The first-order valence-corrected chi connectivity index (χ1v) is 7.35. The van der Waals surface area contributed by atoms with E-state index in [-0.39, 0.29) is 10.7 Å². The maximum absolute atomic E-state index is 11.9. The van der Waals surface area contributed by atoms with Crippen LogP contribution >= 0.6 is 11.8 Å². The average Bonchev–Trinajstić information content (AvgIpc) is 2.37. The highest BCUT2D eigenvalue weighted by molar-refractivity contribution is 8.01. The monoisotopic (exact) mass is 295 g/mol. The molecule has 0 fully saturated rings. The van der Waals surface area contributed by atoms with Crippen molar-refractivity contribution in [2.45, 2.75) is 32.4 Å². The van der Waals surface area contributed by atoms with Gasteiger partial charge in [-0.25, -0.2) is 4.79 Å². The number of hydrogen-bond donors (Lipinski definition) is 1. The van der Waals surface area contributed by atoms with Gasteiger partial charge in [0.05, 0.1) is 18.4 Å². The van der Waals surface area contributed by atoms with E-state index >= 15 is 0 Å². The van der Waals surface area contributed by atoms with Crippen LogP contribution < -0.4 is 5.32 Å². The molecule has 4 nitrogen and oxygen atoms in total. The fraction of sp³-hybridized carbons (Fsp3) is 0.467. The molecule has 0 bridgehead atoms. The highest BCUT2D eigenvalue weighted by Gasteiger charge is 2.16. The number of methoxy groups -OCH3 is 1. The normalized spacial score (nSPS) is 11.1. The molecule has 1 aromatic carbocycles. The van der Waals surface area contributed by atoms with Gasteiger partial charge in [-0.2, -0.15) is 0 Å². The standard InChI is InChI=1S/C15H21NO3S/c1-10-11(14(18)19-5)7-6-8-12(10)16-13(17)9-20-15(2,3)4/h6-8H,9H2,1-5H3,(H,16,17). The number of esters is 1. The van der Waals surface area contributed by atoms with Crippen molar-refractivity contribution in [2.24, 2.45) is 0 Å². The van der Waals surface area contributed by atoms with E-state index in [1.54, 1.807) is 36.9 Å². The summed E-state index contributed by atoms with van der Waals surface area (Å²) in [5, 5.41) is 2.83. The lowest BCUT2D eigenvalue weighted by Crippen LogP contribution is -2.19. The zero-order valence-electron chi connectivity index (χ0n) is 12.6. The molecule has 1 amide bonds. The summed E-state index contributed by atoms with van der Waals surface area (Å²) in [5.41, 5.74) is 1.83. The molecule has 0 heterocycles. The summed E-state index contributed by atoms with van der Waals surface area (Å²) in [5.74, 6) is -0.0940. The summed E-state index contributed by atoms with van der Waals surface area (Å²) in [6, 6.07) is 5.19. The number of thioether (sulfide) groups is 1. The summed E-state index contributed by atoms with van der Waals surface area (Å²) in [6.45, 7) is 7.98. The predicted octanol–water partition coefficient (Wildman–Crippen LogP) is 3.25. The lowest BCUT2D eigenvalue weighted by atomic mass is 10.1. The molecule has 0 saturated heterocycles. The van der Waals surface area contributed by atoms with Crippen molar-refractivity contribution in [1.82, 2.24) is 0 Å². The van der Waals surface area contributed by atoms with Crippen LogP contribution in [0.25, 0.3) is 0 Å². The molecule has 0 atom stereocenters. The van der Waals surface area contributed by atoms with E-state index < -0.39 is 5.97 Å². The fourth-order valence-electron chi connectivity index (χ4n) is 1.57. The van der Waals surface area contributed by atoms with Crippen molar-refractivity contribution in [3.8, 4) is 0 Å². The Morgan fingerprint density at radius 1 is 1.30 bits per heavy atom. The topological polar surface area (TPSA) is 55.4 Å². The molecular weight excluding hydrogens is 274 g/mol. The van der Waals surface area contributed by atoms with Crippen LogP contribution in [0.2, 0.25) is 0 Å². The van der Waals surface area contributed by atoms with Crippen LogP contribution in [0.1, 0.15) is 36.7 Å². The number of anilines is 1. The number of rotatable bonds is 4. The minimum absolute atomic E-state index is 0.0419. The van der Waals surface area contributed by atoms with E-state index in [0.717, 1.165) is 0 Å². The minimum atomic E-state index is -0.400. The van der Waals surface area contributed by atoms with Crippen LogP contribution in [0.15, 0.2) is 18.2 Å². The molecule has 5 heteroatoms. The number of ether oxygens (including phenoxy) is 1. The Kier molecular flexibility index (Phi) is 5.62. The summed E-state index contributed by atoms with van der Waals surface area (Å²) in [4.78, 5) is 23.5. The third kappa shape index (κ3) is 4.89. The molecule has 0 unspecified atom stereocenters. The molecule has 0 spiro atoms. The zero-order chi connectivity index (χ0) is 15.3. The first-order valence-electron chi connectivity index (χ1n) is 6.36. The van der Waals surface area contributed by atoms with Crippen molar-refractivity contribution in [3.63, 3.8) is 0 Å². The lowest BCUT2D eigenvalue weighted by molar-refractivity contribution is -0.113. The van der Waals surface area contributed by atoms with Crippen molar-refractivity contribution < 1.29 is 14.3 Å². The summed E-state index contributed by atoms with van der Waals surface area (Å²) in [7, 11) is 1.34. The molecule has 0 saturated carbocycles. The van der Waals surface area contributed by atoms with E-state index in [4.69, 9.17) is 4.74 Å². The largest absolute Gasteiger partial charge is 0.465 e. The molecule has 0 aliphatic carbocycles. The van der Waals surface area contributed by atoms with Gasteiger partial charge in [0.2, 0.25) is 5.91 Å². The van der Waals surface area contributed by atoms with Crippen LogP contribution in [-0.2, 0) is 9.53 Å². The Morgan fingerprint density at radius 2 is 1.95 bits per heavy atom. The van der Waals surface area contributed by atoms with Gasteiger partial charge in [-0.05, 0) is 24.6 Å². The molecule has 110 valence electrons. The van der Waals surface area contributed by atoms with Crippen molar-refractivity contribution in [1.29, 1.82) is 0 Å². The van der Waals surface area contributed by atoms with E-state index in [0.29, 0.717) is 22.6 Å². The van der Waals surface area contributed by atoms with Crippen molar-refractivity contribution in [2.75, 3.05) is 18.2 Å². The Labute approximate surface area is 124 Å².